The lowest BCUT2D eigenvalue weighted by molar-refractivity contribution is -0.114. The van der Waals surface area contributed by atoms with Gasteiger partial charge in [-0.2, -0.15) is 0 Å². The van der Waals surface area contributed by atoms with Crippen molar-refractivity contribution in [1.29, 1.82) is 0 Å². The fourth-order valence-corrected chi connectivity index (χ4v) is 3.98. The molecule has 0 aliphatic rings. The van der Waals surface area contributed by atoms with Crippen LogP contribution in [-0.2, 0) is 9.59 Å². The van der Waals surface area contributed by atoms with Gasteiger partial charge in [0.25, 0.3) is 0 Å². The van der Waals surface area contributed by atoms with E-state index in [1.54, 1.807) is 0 Å². The minimum atomic E-state index is -0.171. The smallest absolute Gasteiger partial charge is 0.236 e. The van der Waals surface area contributed by atoms with E-state index in [-0.39, 0.29) is 23.3 Å². The predicted octanol–water partition coefficient (Wildman–Crippen LogP) is 4.79. The molecule has 1 heterocycles. The summed E-state index contributed by atoms with van der Waals surface area (Å²) in [5, 5.41) is 6.18. The van der Waals surface area contributed by atoms with E-state index in [4.69, 9.17) is 4.74 Å². The predicted molar refractivity (Wildman–Crippen MR) is 121 cm³/mol. The van der Waals surface area contributed by atoms with Crippen molar-refractivity contribution >= 4 is 55.9 Å². The van der Waals surface area contributed by atoms with E-state index < -0.39 is 0 Å². The van der Waals surface area contributed by atoms with Crippen LogP contribution in [0.1, 0.15) is 19.8 Å². The number of anilines is 2. The fourth-order valence-electron chi connectivity index (χ4n) is 2.48. The van der Waals surface area contributed by atoms with Crippen LogP contribution >= 0.6 is 23.1 Å². The fraction of sp³-hybridized carbons (Fsp3) is 0.286. The number of nitrogens with one attached hydrogen (secondary N) is 2. The summed E-state index contributed by atoms with van der Waals surface area (Å²) in [6.45, 7) is 2.81. The van der Waals surface area contributed by atoms with E-state index in [1.165, 1.54) is 23.1 Å². The molecule has 2 amide bonds. The summed E-state index contributed by atoms with van der Waals surface area (Å²) in [5.74, 6) is 0.852. The summed E-state index contributed by atoms with van der Waals surface area (Å²) in [7, 11) is 0. The highest BCUT2D eigenvalue weighted by Crippen LogP contribution is 2.25. The van der Waals surface area contributed by atoms with Crippen LogP contribution < -0.4 is 15.4 Å². The molecule has 0 aliphatic heterocycles. The first-order valence-electron chi connectivity index (χ1n) is 9.40. The van der Waals surface area contributed by atoms with Gasteiger partial charge in [0.05, 0.1) is 28.3 Å². The molecule has 0 radical (unpaired) electrons. The Morgan fingerprint density at radius 2 is 1.76 bits per heavy atom. The molecule has 0 saturated heterocycles. The van der Waals surface area contributed by atoms with Gasteiger partial charge >= 0.3 is 0 Å². The van der Waals surface area contributed by atoms with Crippen LogP contribution in [0, 0.1) is 0 Å². The second kappa shape index (κ2) is 10.8. The number of ether oxygens (including phenoxy) is 1. The number of hydrogen-bond donors (Lipinski definition) is 2. The Bertz CT molecular complexity index is 924. The average Bonchev–Trinajstić information content (AvgIpc) is 3.11. The molecule has 3 aromatic rings. The first-order valence-corrected chi connectivity index (χ1v) is 11.4. The third kappa shape index (κ3) is 6.76. The van der Waals surface area contributed by atoms with Crippen molar-refractivity contribution in [3.63, 3.8) is 0 Å². The topological polar surface area (TPSA) is 80.3 Å². The molecule has 0 bridgehead atoms. The summed E-state index contributed by atoms with van der Waals surface area (Å²) in [6, 6.07) is 15.0. The van der Waals surface area contributed by atoms with Crippen molar-refractivity contribution in [2.45, 2.75) is 19.8 Å². The Kier molecular flexibility index (Phi) is 7.89. The van der Waals surface area contributed by atoms with Gasteiger partial charge in [-0.15, -0.1) is 11.8 Å². The first kappa shape index (κ1) is 21.1. The van der Waals surface area contributed by atoms with Gasteiger partial charge in [0.1, 0.15) is 5.75 Å². The zero-order valence-electron chi connectivity index (χ0n) is 16.1. The molecule has 0 atom stereocenters. The Morgan fingerprint density at radius 1 is 1.03 bits per heavy atom. The molecule has 29 heavy (non-hydrogen) atoms. The summed E-state index contributed by atoms with van der Waals surface area (Å²) in [6.07, 6.45) is 2.10. The lowest BCUT2D eigenvalue weighted by atomic mass is 10.3. The molecule has 8 heteroatoms. The van der Waals surface area contributed by atoms with Crippen LogP contribution in [0.2, 0.25) is 0 Å². The maximum Gasteiger partial charge on any atom is 0.236 e. The van der Waals surface area contributed by atoms with Crippen LogP contribution in [0.25, 0.3) is 10.2 Å². The highest BCUT2D eigenvalue weighted by Gasteiger charge is 2.09. The summed E-state index contributed by atoms with van der Waals surface area (Å²) < 4.78 is 6.62. The van der Waals surface area contributed by atoms with Gasteiger partial charge < -0.3 is 15.4 Å². The molecule has 2 aromatic carbocycles. The van der Waals surface area contributed by atoms with Crippen molar-refractivity contribution in [2.75, 3.05) is 28.7 Å². The van der Waals surface area contributed by atoms with Crippen LogP contribution in [-0.4, -0.2) is 34.9 Å². The van der Waals surface area contributed by atoms with E-state index in [0.717, 1.165) is 28.8 Å². The molecule has 0 unspecified atom stereocenters. The van der Waals surface area contributed by atoms with Crippen molar-refractivity contribution in [3.8, 4) is 5.75 Å². The lowest BCUT2D eigenvalue weighted by Gasteiger charge is -2.08. The van der Waals surface area contributed by atoms with Gasteiger partial charge in [-0.25, -0.2) is 4.98 Å². The van der Waals surface area contributed by atoms with Crippen LogP contribution in [0.15, 0.2) is 48.5 Å². The quantitative estimate of drug-likeness (QED) is 0.453. The zero-order valence-corrected chi connectivity index (χ0v) is 17.8. The third-order valence-electron chi connectivity index (χ3n) is 3.91. The second-order valence-corrected chi connectivity index (χ2v) is 8.32. The summed E-state index contributed by atoms with van der Waals surface area (Å²) in [5.41, 5.74) is 1.57. The number of carbonyl (C=O) groups excluding carboxylic acids is 2. The molecule has 6 nitrogen and oxygen atoms in total. The van der Waals surface area contributed by atoms with Gasteiger partial charge in [-0.05, 0) is 42.8 Å². The van der Waals surface area contributed by atoms with Gasteiger partial charge in [0, 0.05) is 5.69 Å². The number of benzene rings is 2. The molecule has 0 saturated carbocycles. The standard InChI is InChI=1S/C21H23N3O3S2/c1-2-3-12-27-16-10-8-15(9-11-16)22-19(25)13-28-14-20(26)24-21-23-17-6-4-5-7-18(17)29-21/h4-11H,2-3,12-14H2,1H3,(H,22,25)(H,23,24,26). The van der Waals surface area contributed by atoms with Gasteiger partial charge in [0.15, 0.2) is 5.13 Å². The minimum absolute atomic E-state index is 0.151. The molecule has 152 valence electrons. The number of amides is 2. The SMILES string of the molecule is CCCCOc1ccc(NC(=O)CSCC(=O)Nc2nc3ccccc3s2)cc1. The summed E-state index contributed by atoms with van der Waals surface area (Å²) in [4.78, 5) is 28.5. The number of para-hydroxylation sites is 1. The second-order valence-electron chi connectivity index (χ2n) is 6.30. The molecule has 0 spiro atoms. The number of fused-ring (bicyclic) bond motifs is 1. The molecule has 2 N–H and O–H groups in total. The third-order valence-corrected chi connectivity index (χ3v) is 5.80. The van der Waals surface area contributed by atoms with Crippen LogP contribution in [0.3, 0.4) is 0 Å². The van der Waals surface area contributed by atoms with Crippen molar-refractivity contribution < 1.29 is 14.3 Å². The largest absolute Gasteiger partial charge is 0.494 e. The molecule has 3 rings (SSSR count). The maximum absolute atomic E-state index is 12.1. The number of rotatable bonds is 10. The Hall–Kier alpha value is -2.58. The monoisotopic (exact) mass is 429 g/mol. The number of hydrogen-bond acceptors (Lipinski definition) is 6. The number of aromatic nitrogens is 1. The normalized spacial score (nSPS) is 10.7. The van der Waals surface area contributed by atoms with E-state index >= 15 is 0 Å². The Labute approximate surface area is 178 Å². The van der Waals surface area contributed by atoms with Crippen molar-refractivity contribution in [2.24, 2.45) is 0 Å². The van der Waals surface area contributed by atoms with Gasteiger partial charge in [-0.1, -0.05) is 36.8 Å². The van der Waals surface area contributed by atoms with Crippen LogP contribution in [0.4, 0.5) is 10.8 Å². The van der Waals surface area contributed by atoms with E-state index in [1.807, 2.05) is 48.5 Å². The van der Waals surface area contributed by atoms with Gasteiger partial charge in [-0.3, -0.25) is 9.59 Å². The van der Waals surface area contributed by atoms with Crippen molar-refractivity contribution in [1.82, 2.24) is 4.98 Å². The highest BCUT2D eigenvalue weighted by atomic mass is 32.2. The number of nitrogens with zero attached hydrogens (tertiary/aromatic N) is 1. The molecule has 0 fully saturated rings. The number of unbranched alkanes of at least 4 members (excludes halogenated alkanes) is 1. The maximum atomic E-state index is 12.1. The highest BCUT2D eigenvalue weighted by molar-refractivity contribution is 8.00. The number of thiazole rings is 1. The number of thioether (sulfide) groups is 1. The van der Waals surface area contributed by atoms with Gasteiger partial charge in [0.2, 0.25) is 11.8 Å². The van der Waals surface area contributed by atoms with Crippen molar-refractivity contribution in [3.05, 3.63) is 48.5 Å². The molecular formula is C21H23N3O3S2. The first-order chi connectivity index (χ1) is 14.1. The Morgan fingerprint density at radius 3 is 2.48 bits per heavy atom. The van der Waals surface area contributed by atoms with E-state index in [2.05, 4.69) is 22.5 Å². The molecule has 1 aromatic heterocycles. The summed E-state index contributed by atoms with van der Waals surface area (Å²) >= 11 is 2.69. The minimum Gasteiger partial charge on any atom is -0.494 e. The van der Waals surface area contributed by atoms with E-state index in [9.17, 15) is 9.59 Å². The zero-order chi connectivity index (χ0) is 20.5. The van der Waals surface area contributed by atoms with Crippen LogP contribution in [0.5, 0.6) is 5.75 Å². The van der Waals surface area contributed by atoms with E-state index in [0.29, 0.717) is 17.4 Å². The number of carbonyl (C=O) groups is 2. The molecule has 0 aliphatic carbocycles. The lowest BCUT2D eigenvalue weighted by Crippen LogP contribution is -2.18. The average molecular weight is 430 g/mol. The Balaban J connectivity index is 1.37. The molecular weight excluding hydrogens is 406 g/mol.